The van der Waals surface area contributed by atoms with Gasteiger partial charge in [0.1, 0.15) is 10.1 Å². The summed E-state index contributed by atoms with van der Waals surface area (Å²) in [5.74, 6) is -0.241. The van der Waals surface area contributed by atoms with Crippen LogP contribution in [0.25, 0.3) is 10.9 Å². The number of alkyl halides is 3. The predicted molar refractivity (Wildman–Crippen MR) is 59.8 cm³/mol. The Kier molecular flexibility index (Phi) is 3.03. The van der Waals surface area contributed by atoms with E-state index in [-0.39, 0.29) is 5.75 Å². The average Bonchev–Trinajstić information content (AvgIpc) is 2.55. The first-order valence-corrected chi connectivity index (χ1v) is 5.62. The molecule has 7 heteroatoms. The van der Waals surface area contributed by atoms with Crippen LogP contribution in [0.1, 0.15) is 6.92 Å². The minimum atomic E-state index is -4.70. The predicted octanol–water partition coefficient (Wildman–Crippen LogP) is 3.72. The van der Waals surface area contributed by atoms with Crippen molar-refractivity contribution in [1.82, 2.24) is 9.78 Å². The van der Waals surface area contributed by atoms with Crippen LogP contribution in [0.15, 0.2) is 22.8 Å². The Morgan fingerprint density at radius 1 is 1.41 bits per heavy atom. The van der Waals surface area contributed by atoms with Crippen molar-refractivity contribution in [2.24, 2.45) is 0 Å². The molecule has 0 radical (unpaired) electrons. The number of halogens is 4. The van der Waals surface area contributed by atoms with Crippen LogP contribution in [-0.2, 0) is 6.54 Å². The minimum absolute atomic E-state index is 0.241. The summed E-state index contributed by atoms with van der Waals surface area (Å²) in [4.78, 5) is 0. The van der Waals surface area contributed by atoms with Crippen molar-refractivity contribution in [3.8, 4) is 5.75 Å². The van der Waals surface area contributed by atoms with Crippen molar-refractivity contribution >= 4 is 26.8 Å². The zero-order chi connectivity index (χ0) is 12.6. The van der Waals surface area contributed by atoms with Crippen LogP contribution in [0, 0.1) is 0 Å². The van der Waals surface area contributed by atoms with E-state index in [9.17, 15) is 13.2 Å². The number of hydrogen-bond acceptors (Lipinski definition) is 2. The molecule has 0 saturated heterocycles. The zero-order valence-corrected chi connectivity index (χ0v) is 10.3. The Bertz CT molecular complexity index is 550. The largest absolute Gasteiger partial charge is 0.573 e. The van der Waals surface area contributed by atoms with Crippen LogP contribution >= 0.6 is 15.9 Å². The second-order valence-corrected chi connectivity index (χ2v) is 4.06. The maximum absolute atomic E-state index is 12.2. The van der Waals surface area contributed by atoms with Gasteiger partial charge in [0.05, 0.1) is 0 Å². The van der Waals surface area contributed by atoms with E-state index in [1.165, 1.54) is 16.8 Å². The van der Waals surface area contributed by atoms with Crippen LogP contribution in [-0.4, -0.2) is 16.1 Å². The van der Waals surface area contributed by atoms with Crippen LogP contribution in [0.5, 0.6) is 5.75 Å². The number of benzene rings is 1. The Hall–Kier alpha value is -1.24. The highest BCUT2D eigenvalue weighted by molar-refractivity contribution is 9.10. The number of fused-ring (bicyclic) bond motifs is 1. The van der Waals surface area contributed by atoms with Gasteiger partial charge in [-0.3, -0.25) is 4.68 Å². The molecule has 0 fully saturated rings. The molecule has 0 aliphatic rings. The first-order valence-electron chi connectivity index (χ1n) is 4.83. The molecule has 0 N–H and O–H groups in total. The summed E-state index contributed by atoms with van der Waals surface area (Å²) in [6.45, 7) is 2.25. The van der Waals surface area contributed by atoms with Gasteiger partial charge in [0.2, 0.25) is 0 Å². The lowest BCUT2D eigenvalue weighted by Crippen LogP contribution is -2.17. The Morgan fingerprint density at radius 2 is 2.12 bits per heavy atom. The van der Waals surface area contributed by atoms with Crippen molar-refractivity contribution in [3.05, 3.63) is 22.8 Å². The molecule has 17 heavy (non-hydrogen) atoms. The fourth-order valence-corrected chi connectivity index (χ4v) is 2.11. The quantitative estimate of drug-likeness (QED) is 0.845. The summed E-state index contributed by atoms with van der Waals surface area (Å²) in [6.07, 6.45) is -4.70. The fourth-order valence-electron chi connectivity index (χ4n) is 1.60. The summed E-state index contributed by atoms with van der Waals surface area (Å²) in [5, 5.41) is 4.68. The molecule has 0 amide bonds. The lowest BCUT2D eigenvalue weighted by molar-refractivity contribution is -0.274. The van der Waals surface area contributed by atoms with Crippen molar-refractivity contribution in [2.75, 3.05) is 0 Å². The lowest BCUT2D eigenvalue weighted by Gasteiger charge is -2.10. The Balaban J connectivity index is 2.63. The second-order valence-electron chi connectivity index (χ2n) is 3.31. The molecular weight excluding hydrogens is 301 g/mol. The third-order valence-corrected chi connectivity index (χ3v) is 2.80. The molecule has 0 atom stereocenters. The number of aromatic nitrogens is 2. The smallest absolute Gasteiger partial charge is 0.403 e. The van der Waals surface area contributed by atoms with Gasteiger partial charge < -0.3 is 4.74 Å². The highest BCUT2D eigenvalue weighted by Crippen LogP contribution is 2.33. The summed E-state index contributed by atoms with van der Waals surface area (Å²) in [6, 6.07) is 4.45. The van der Waals surface area contributed by atoms with Gasteiger partial charge in [0.25, 0.3) is 0 Å². The first kappa shape index (κ1) is 12.2. The number of aryl methyl sites for hydroxylation is 1. The average molecular weight is 309 g/mol. The normalized spacial score (nSPS) is 12.1. The van der Waals surface area contributed by atoms with Gasteiger partial charge in [0, 0.05) is 11.9 Å². The molecule has 0 unspecified atom stereocenters. The Labute approximate surface area is 103 Å². The molecule has 0 saturated carbocycles. The molecule has 2 rings (SSSR count). The van der Waals surface area contributed by atoms with Crippen LogP contribution in [0.4, 0.5) is 13.2 Å². The van der Waals surface area contributed by atoms with E-state index >= 15 is 0 Å². The molecular formula is C10H8BrF3N2O. The van der Waals surface area contributed by atoms with Gasteiger partial charge in [-0.25, -0.2) is 0 Å². The fraction of sp³-hybridized carbons (Fsp3) is 0.300. The molecule has 0 aliphatic heterocycles. The number of hydrogen-bond donors (Lipinski definition) is 0. The van der Waals surface area contributed by atoms with E-state index in [0.717, 1.165) is 0 Å². The van der Waals surface area contributed by atoms with Gasteiger partial charge in [-0.15, -0.1) is 13.2 Å². The maximum Gasteiger partial charge on any atom is 0.573 e. The summed E-state index contributed by atoms with van der Waals surface area (Å²) in [5.41, 5.74) is 0.333. The standard InChI is InChI=1S/C10H8BrF3N2O/c1-2-16-8-6(9(11)15-16)4-3-5-7(8)17-10(12,13)14/h3-5H,2H2,1H3. The molecule has 0 spiro atoms. The number of rotatable bonds is 2. The lowest BCUT2D eigenvalue weighted by atomic mass is 10.2. The molecule has 1 aromatic heterocycles. The minimum Gasteiger partial charge on any atom is -0.403 e. The van der Waals surface area contributed by atoms with Crippen molar-refractivity contribution in [2.45, 2.75) is 19.8 Å². The molecule has 1 aromatic carbocycles. The van der Waals surface area contributed by atoms with Gasteiger partial charge in [-0.05, 0) is 35.0 Å². The molecule has 0 bridgehead atoms. The van der Waals surface area contributed by atoms with Crippen molar-refractivity contribution in [1.29, 1.82) is 0 Å². The summed E-state index contributed by atoms with van der Waals surface area (Å²) < 4.78 is 42.7. The molecule has 1 heterocycles. The highest BCUT2D eigenvalue weighted by atomic mass is 79.9. The van der Waals surface area contributed by atoms with E-state index < -0.39 is 6.36 Å². The third-order valence-electron chi connectivity index (χ3n) is 2.21. The number of ether oxygens (including phenoxy) is 1. The van der Waals surface area contributed by atoms with E-state index in [1.807, 2.05) is 0 Å². The first-order chi connectivity index (χ1) is 7.92. The number of nitrogens with zero attached hydrogens (tertiary/aromatic N) is 2. The SMILES string of the molecule is CCn1nc(Br)c2cccc(OC(F)(F)F)c21. The van der Waals surface area contributed by atoms with Crippen LogP contribution in [0.3, 0.4) is 0 Å². The van der Waals surface area contributed by atoms with Crippen LogP contribution < -0.4 is 4.74 Å². The third kappa shape index (κ3) is 2.38. The van der Waals surface area contributed by atoms with Gasteiger partial charge in [-0.1, -0.05) is 6.07 Å². The zero-order valence-electron chi connectivity index (χ0n) is 8.75. The second kappa shape index (κ2) is 4.21. The topological polar surface area (TPSA) is 27.1 Å². The van der Waals surface area contributed by atoms with Gasteiger partial charge in [-0.2, -0.15) is 5.10 Å². The highest BCUT2D eigenvalue weighted by Gasteiger charge is 2.32. The molecule has 92 valence electrons. The summed E-state index contributed by atoms with van der Waals surface area (Å²) >= 11 is 3.20. The van der Waals surface area contributed by atoms with E-state index in [2.05, 4.69) is 25.8 Å². The Morgan fingerprint density at radius 3 is 2.71 bits per heavy atom. The van der Waals surface area contributed by atoms with E-state index in [4.69, 9.17) is 0 Å². The van der Waals surface area contributed by atoms with Crippen molar-refractivity contribution in [3.63, 3.8) is 0 Å². The molecule has 0 aliphatic carbocycles. The molecule has 3 nitrogen and oxygen atoms in total. The summed E-state index contributed by atoms with van der Waals surface area (Å²) in [7, 11) is 0. The van der Waals surface area contributed by atoms with Gasteiger partial charge >= 0.3 is 6.36 Å². The van der Waals surface area contributed by atoms with Crippen molar-refractivity contribution < 1.29 is 17.9 Å². The monoisotopic (exact) mass is 308 g/mol. The van der Waals surface area contributed by atoms with E-state index in [1.54, 1.807) is 13.0 Å². The molecule has 2 aromatic rings. The van der Waals surface area contributed by atoms with Gasteiger partial charge in [0.15, 0.2) is 5.75 Å². The number of para-hydroxylation sites is 1. The maximum atomic E-state index is 12.2. The van der Waals surface area contributed by atoms with E-state index in [0.29, 0.717) is 22.1 Å². The van der Waals surface area contributed by atoms with Crippen LogP contribution in [0.2, 0.25) is 0 Å².